The highest BCUT2D eigenvalue weighted by molar-refractivity contribution is 5.14. The predicted octanol–water partition coefficient (Wildman–Crippen LogP) is 0.650. The highest BCUT2D eigenvalue weighted by Gasteiger charge is 2.13. The second-order valence-corrected chi connectivity index (χ2v) is 2.33. The number of hydrogen-bond donors (Lipinski definition) is 1. The minimum absolute atomic E-state index is 1.08. The van der Waals surface area contributed by atoms with Crippen molar-refractivity contribution < 1.29 is 0 Å². The van der Waals surface area contributed by atoms with Gasteiger partial charge in [0.1, 0.15) is 5.82 Å². The Morgan fingerprint density at radius 3 is 3.44 bits per heavy atom. The van der Waals surface area contributed by atoms with Gasteiger partial charge in [0.25, 0.3) is 0 Å². The summed E-state index contributed by atoms with van der Waals surface area (Å²) >= 11 is 0. The van der Waals surface area contributed by atoms with E-state index in [4.69, 9.17) is 0 Å². The van der Waals surface area contributed by atoms with Crippen molar-refractivity contribution in [2.75, 3.05) is 13.1 Å². The molecule has 1 saturated heterocycles. The molecule has 2 nitrogen and oxygen atoms in total. The van der Waals surface area contributed by atoms with Crippen LogP contribution < -0.4 is 5.32 Å². The zero-order valence-electron chi connectivity index (χ0n) is 5.30. The highest BCUT2D eigenvalue weighted by atomic mass is 15.3. The Bertz CT molecular complexity index is 170. The van der Waals surface area contributed by atoms with Crippen LogP contribution in [0, 0.1) is 0 Å². The Morgan fingerprint density at radius 2 is 2.56 bits per heavy atom. The van der Waals surface area contributed by atoms with Crippen LogP contribution in [0.3, 0.4) is 0 Å². The minimum atomic E-state index is 1.08. The summed E-state index contributed by atoms with van der Waals surface area (Å²) in [7, 11) is 0. The molecule has 2 aliphatic rings. The van der Waals surface area contributed by atoms with Gasteiger partial charge in [0.2, 0.25) is 0 Å². The van der Waals surface area contributed by atoms with Gasteiger partial charge < -0.3 is 10.2 Å². The van der Waals surface area contributed by atoms with E-state index in [2.05, 4.69) is 28.6 Å². The third kappa shape index (κ3) is 0.707. The molecule has 0 bridgehead atoms. The second kappa shape index (κ2) is 1.79. The minimum Gasteiger partial charge on any atom is -0.370 e. The number of hydrogen-bond acceptors (Lipinski definition) is 2. The standard InChI is InChI=1S/C7H10N2/c1-2-5-9-6-4-8-7(9)3-1/h2-3,5,8H,1,4,6H2. The van der Waals surface area contributed by atoms with Gasteiger partial charge in [-0.05, 0) is 12.5 Å². The Balaban J connectivity index is 2.22. The van der Waals surface area contributed by atoms with Gasteiger partial charge in [-0.25, -0.2) is 0 Å². The van der Waals surface area contributed by atoms with Crippen LogP contribution in [0.15, 0.2) is 24.2 Å². The average molecular weight is 122 g/mol. The third-order valence-corrected chi connectivity index (χ3v) is 1.70. The fourth-order valence-corrected chi connectivity index (χ4v) is 1.24. The smallest absolute Gasteiger partial charge is 0.102 e. The highest BCUT2D eigenvalue weighted by Crippen LogP contribution is 2.12. The molecule has 0 atom stereocenters. The average Bonchev–Trinajstić information content (AvgIpc) is 2.33. The molecule has 0 aromatic carbocycles. The van der Waals surface area contributed by atoms with E-state index in [-0.39, 0.29) is 0 Å². The molecule has 0 amide bonds. The zero-order chi connectivity index (χ0) is 6.10. The molecule has 0 radical (unpaired) electrons. The molecule has 2 heterocycles. The molecule has 1 N–H and O–H groups in total. The SMILES string of the molecule is C1=CN2CCNC2=CC1. The van der Waals surface area contributed by atoms with Gasteiger partial charge in [-0.3, -0.25) is 0 Å². The van der Waals surface area contributed by atoms with E-state index in [1.54, 1.807) is 0 Å². The molecule has 2 rings (SSSR count). The molecule has 0 spiro atoms. The van der Waals surface area contributed by atoms with Crippen molar-refractivity contribution in [3.8, 4) is 0 Å². The van der Waals surface area contributed by atoms with Crippen molar-refractivity contribution in [1.82, 2.24) is 10.2 Å². The largest absolute Gasteiger partial charge is 0.370 e. The van der Waals surface area contributed by atoms with Crippen LogP contribution in [0.2, 0.25) is 0 Å². The second-order valence-electron chi connectivity index (χ2n) is 2.33. The molecule has 1 fully saturated rings. The first-order valence-electron chi connectivity index (χ1n) is 3.34. The van der Waals surface area contributed by atoms with Crippen molar-refractivity contribution in [3.05, 3.63) is 24.2 Å². The topological polar surface area (TPSA) is 15.3 Å². The molecule has 2 aliphatic heterocycles. The lowest BCUT2D eigenvalue weighted by Gasteiger charge is -2.15. The molecular formula is C7H10N2. The van der Waals surface area contributed by atoms with E-state index in [0.29, 0.717) is 0 Å². The molecule has 0 unspecified atom stereocenters. The first kappa shape index (κ1) is 4.91. The number of allylic oxidation sites excluding steroid dienone is 2. The van der Waals surface area contributed by atoms with Gasteiger partial charge in [0.05, 0.1) is 0 Å². The van der Waals surface area contributed by atoms with Gasteiger partial charge >= 0.3 is 0 Å². The Morgan fingerprint density at radius 1 is 1.56 bits per heavy atom. The third-order valence-electron chi connectivity index (χ3n) is 1.70. The first-order chi connectivity index (χ1) is 4.47. The van der Waals surface area contributed by atoms with E-state index < -0.39 is 0 Å². The maximum atomic E-state index is 3.29. The summed E-state index contributed by atoms with van der Waals surface area (Å²) in [5, 5.41) is 3.29. The van der Waals surface area contributed by atoms with Crippen LogP contribution in [0.4, 0.5) is 0 Å². The van der Waals surface area contributed by atoms with Gasteiger partial charge in [0, 0.05) is 19.3 Å². The summed E-state index contributed by atoms with van der Waals surface area (Å²) in [6.07, 6.45) is 7.62. The van der Waals surface area contributed by atoms with Crippen LogP contribution in [0.5, 0.6) is 0 Å². The van der Waals surface area contributed by atoms with Crippen molar-refractivity contribution in [2.24, 2.45) is 0 Å². The molecule has 9 heavy (non-hydrogen) atoms. The molecule has 0 aromatic rings. The molecule has 2 heteroatoms. The van der Waals surface area contributed by atoms with Crippen LogP contribution in [0.1, 0.15) is 6.42 Å². The fourth-order valence-electron chi connectivity index (χ4n) is 1.24. The quantitative estimate of drug-likeness (QED) is 0.507. The Labute approximate surface area is 54.8 Å². The van der Waals surface area contributed by atoms with Crippen LogP contribution in [0.25, 0.3) is 0 Å². The van der Waals surface area contributed by atoms with E-state index in [0.717, 1.165) is 19.5 Å². The lowest BCUT2D eigenvalue weighted by molar-refractivity contribution is 0.528. The Hall–Kier alpha value is -0.920. The van der Waals surface area contributed by atoms with E-state index in [9.17, 15) is 0 Å². The number of fused-ring (bicyclic) bond motifs is 1. The molecule has 0 aliphatic carbocycles. The maximum Gasteiger partial charge on any atom is 0.102 e. The summed E-state index contributed by atoms with van der Waals surface area (Å²) in [4.78, 5) is 2.24. The summed E-state index contributed by atoms with van der Waals surface area (Å²) in [6, 6.07) is 0. The van der Waals surface area contributed by atoms with Gasteiger partial charge in [-0.15, -0.1) is 0 Å². The van der Waals surface area contributed by atoms with Crippen LogP contribution in [-0.2, 0) is 0 Å². The number of nitrogens with one attached hydrogen (secondary N) is 1. The summed E-state index contributed by atoms with van der Waals surface area (Å²) in [6.45, 7) is 2.22. The lowest BCUT2D eigenvalue weighted by Crippen LogP contribution is -2.14. The molecule has 0 saturated carbocycles. The predicted molar refractivity (Wildman–Crippen MR) is 36.5 cm³/mol. The van der Waals surface area contributed by atoms with Crippen molar-refractivity contribution >= 4 is 0 Å². The van der Waals surface area contributed by atoms with Gasteiger partial charge in [0.15, 0.2) is 0 Å². The van der Waals surface area contributed by atoms with Crippen LogP contribution >= 0.6 is 0 Å². The summed E-state index contributed by atoms with van der Waals surface area (Å²) in [5.41, 5.74) is 0. The number of nitrogens with zero attached hydrogens (tertiary/aromatic N) is 1. The molecular weight excluding hydrogens is 112 g/mol. The van der Waals surface area contributed by atoms with Crippen molar-refractivity contribution in [2.45, 2.75) is 6.42 Å². The van der Waals surface area contributed by atoms with E-state index in [1.807, 2.05) is 0 Å². The van der Waals surface area contributed by atoms with E-state index in [1.165, 1.54) is 5.82 Å². The molecule has 0 aromatic heterocycles. The lowest BCUT2D eigenvalue weighted by atomic mass is 10.3. The van der Waals surface area contributed by atoms with E-state index >= 15 is 0 Å². The monoisotopic (exact) mass is 122 g/mol. The van der Waals surface area contributed by atoms with Gasteiger partial charge in [-0.2, -0.15) is 0 Å². The maximum absolute atomic E-state index is 3.29. The Kier molecular flexibility index (Phi) is 0.979. The zero-order valence-corrected chi connectivity index (χ0v) is 5.30. The fraction of sp³-hybridized carbons (Fsp3) is 0.429. The van der Waals surface area contributed by atoms with Crippen LogP contribution in [-0.4, -0.2) is 18.0 Å². The summed E-state index contributed by atoms with van der Waals surface area (Å²) in [5.74, 6) is 1.29. The van der Waals surface area contributed by atoms with Crippen molar-refractivity contribution in [1.29, 1.82) is 0 Å². The van der Waals surface area contributed by atoms with Crippen molar-refractivity contribution in [3.63, 3.8) is 0 Å². The molecule has 48 valence electrons. The van der Waals surface area contributed by atoms with Gasteiger partial charge in [-0.1, -0.05) is 6.08 Å². The summed E-state index contributed by atoms with van der Waals surface area (Å²) < 4.78 is 0. The normalized spacial score (nSPS) is 23.1. The first-order valence-corrected chi connectivity index (χ1v) is 3.34. The number of rotatable bonds is 0.